The first-order valence-electron chi connectivity index (χ1n) is 6.13. The van der Waals surface area contributed by atoms with E-state index < -0.39 is 0 Å². The van der Waals surface area contributed by atoms with Crippen molar-refractivity contribution < 1.29 is 13.9 Å². The fourth-order valence-electron chi connectivity index (χ4n) is 1.67. The molecule has 6 nitrogen and oxygen atoms in total. The smallest absolute Gasteiger partial charge is 0.354 e. The number of rotatable bonds is 6. The number of hydrogen-bond donors (Lipinski definition) is 2. The summed E-state index contributed by atoms with van der Waals surface area (Å²) in [5.41, 5.74) is 1.35. The Balaban J connectivity index is 1.82. The molecular formula is C13H17N3O3. The first-order valence-corrected chi connectivity index (χ1v) is 6.13. The van der Waals surface area contributed by atoms with E-state index in [9.17, 15) is 4.79 Å². The first-order chi connectivity index (χ1) is 9.22. The van der Waals surface area contributed by atoms with E-state index in [1.807, 2.05) is 13.0 Å². The lowest BCUT2D eigenvalue weighted by atomic mass is 10.4. The van der Waals surface area contributed by atoms with Gasteiger partial charge in [-0.15, -0.1) is 0 Å². The van der Waals surface area contributed by atoms with E-state index in [2.05, 4.69) is 20.0 Å². The number of nitrogens with zero attached hydrogens (tertiary/aromatic N) is 1. The van der Waals surface area contributed by atoms with E-state index >= 15 is 0 Å². The molecule has 102 valence electrons. The molecule has 0 aliphatic rings. The zero-order valence-electron chi connectivity index (χ0n) is 11.0. The van der Waals surface area contributed by atoms with Gasteiger partial charge < -0.3 is 19.5 Å². The van der Waals surface area contributed by atoms with Crippen molar-refractivity contribution >= 4 is 5.97 Å². The van der Waals surface area contributed by atoms with Gasteiger partial charge in [-0.3, -0.25) is 0 Å². The summed E-state index contributed by atoms with van der Waals surface area (Å²) in [4.78, 5) is 18.4. The number of nitrogens with one attached hydrogen (secondary N) is 2. The van der Waals surface area contributed by atoms with Gasteiger partial charge in [-0.25, -0.2) is 9.78 Å². The summed E-state index contributed by atoms with van der Waals surface area (Å²) < 4.78 is 10.1. The van der Waals surface area contributed by atoms with Crippen LogP contribution in [0.25, 0.3) is 0 Å². The quantitative estimate of drug-likeness (QED) is 0.774. The van der Waals surface area contributed by atoms with E-state index in [1.165, 1.54) is 7.11 Å². The lowest BCUT2D eigenvalue weighted by molar-refractivity contribution is 0.0594. The first kappa shape index (κ1) is 13.4. The summed E-state index contributed by atoms with van der Waals surface area (Å²) in [5.74, 6) is 1.17. The molecule has 0 unspecified atom stereocenters. The minimum absolute atomic E-state index is 0.369. The highest BCUT2D eigenvalue weighted by atomic mass is 16.5. The van der Waals surface area contributed by atoms with Crippen molar-refractivity contribution in [3.8, 4) is 0 Å². The van der Waals surface area contributed by atoms with Crippen LogP contribution in [-0.4, -0.2) is 23.0 Å². The average Bonchev–Trinajstić information content (AvgIpc) is 3.07. The fourth-order valence-corrected chi connectivity index (χ4v) is 1.67. The second kappa shape index (κ2) is 6.19. The molecule has 0 radical (unpaired) electrons. The minimum atomic E-state index is -0.369. The van der Waals surface area contributed by atoms with Gasteiger partial charge in [-0.1, -0.05) is 6.92 Å². The number of methoxy groups -OCH3 is 1. The second-order valence-electron chi connectivity index (χ2n) is 4.07. The number of esters is 1. The van der Waals surface area contributed by atoms with Crippen molar-refractivity contribution in [1.29, 1.82) is 0 Å². The van der Waals surface area contributed by atoms with Gasteiger partial charge in [0.1, 0.15) is 11.5 Å². The molecule has 2 aromatic heterocycles. The molecule has 0 spiro atoms. The lowest BCUT2D eigenvalue weighted by Crippen LogP contribution is -2.13. The highest BCUT2D eigenvalue weighted by Gasteiger charge is 2.08. The third kappa shape index (κ3) is 3.45. The van der Waals surface area contributed by atoms with Crippen LogP contribution in [0.1, 0.15) is 34.8 Å². The molecule has 2 rings (SSSR count). The highest BCUT2D eigenvalue weighted by Crippen LogP contribution is 2.05. The Morgan fingerprint density at radius 2 is 2.32 bits per heavy atom. The Kier molecular flexibility index (Phi) is 4.35. The predicted molar refractivity (Wildman–Crippen MR) is 68.6 cm³/mol. The lowest BCUT2D eigenvalue weighted by Gasteiger charge is -2.00. The Morgan fingerprint density at radius 3 is 3.00 bits per heavy atom. The van der Waals surface area contributed by atoms with Gasteiger partial charge in [0.15, 0.2) is 0 Å². The Morgan fingerprint density at radius 1 is 1.47 bits per heavy atom. The molecule has 2 aromatic rings. The zero-order valence-corrected chi connectivity index (χ0v) is 11.0. The molecule has 2 heterocycles. The summed E-state index contributed by atoms with van der Waals surface area (Å²) in [5, 5.41) is 3.19. The molecule has 19 heavy (non-hydrogen) atoms. The summed E-state index contributed by atoms with van der Waals surface area (Å²) in [6, 6.07) is 3.54. The van der Waals surface area contributed by atoms with Gasteiger partial charge in [0, 0.05) is 18.7 Å². The van der Waals surface area contributed by atoms with E-state index in [1.54, 1.807) is 12.3 Å². The Hall–Kier alpha value is -2.08. The third-order valence-electron chi connectivity index (χ3n) is 2.69. The Labute approximate surface area is 111 Å². The molecular weight excluding hydrogens is 246 g/mol. The van der Waals surface area contributed by atoms with Crippen LogP contribution >= 0.6 is 0 Å². The van der Waals surface area contributed by atoms with Gasteiger partial charge in [-0.2, -0.15) is 0 Å². The number of hydrogen-bond acceptors (Lipinski definition) is 5. The van der Waals surface area contributed by atoms with Gasteiger partial charge in [0.2, 0.25) is 5.89 Å². The number of carbonyl (C=O) groups excluding carboxylic acids is 1. The molecule has 0 bridgehead atoms. The van der Waals surface area contributed by atoms with Gasteiger partial charge in [-0.05, 0) is 12.1 Å². The molecule has 6 heteroatoms. The normalized spacial score (nSPS) is 10.6. The largest absolute Gasteiger partial charge is 0.464 e. The molecule has 0 atom stereocenters. The average molecular weight is 263 g/mol. The summed E-state index contributed by atoms with van der Waals surface area (Å²) in [6.45, 7) is 3.17. The highest BCUT2D eigenvalue weighted by molar-refractivity contribution is 5.87. The van der Waals surface area contributed by atoms with E-state index in [0.717, 1.165) is 17.9 Å². The van der Waals surface area contributed by atoms with Crippen LogP contribution in [0.5, 0.6) is 0 Å². The molecule has 0 aromatic carbocycles. The maximum atomic E-state index is 11.3. The summed E-state index contributed by atoms with van der Waals surface area (Å²) >= 11 is 0. The molecule has 0 saturated heterocycles. The maximum Gasteiger partial charge on any atom is 0.354 e. The molecule has 0 saturated carbocycles. The topological polar surface area (TPSA) is 80.1 Å². The van der Waals surface area contributed by atoms with Crippen molar-refractivity contribution in [2.75, 3.05) is 7.11 Å². The van der Waals surface area contributed by atoms with Crippen LogP contribution in [0.4, 0.5) is 0 Å². The van der Waals surface area contributed by atoms with Crippen molar-refractivity contribution in [2.45, 2.75) is 26.4 Å². The van der Waals surface area contributed by atoms with Crippen molar-refractivity contribution in [1.82, 2.24) is 15.3 Å². The van der Waals surface area contributed by atoms with E-state index in [4.69, 9.17) is 4.42 Å². The van der Waals surface area contributed by atoms with Crippen LogP contribution in [0.15, 0.2) is 22.7 Å². The number of ether oxygens (including phenoxy) is 1. The number of aryl methyl sites for hydroxylation is 1. The molecule has 0 aliphatic heterocycles. The van der Waals surface area contributed by atoms with Gasteiger partial charge in [0.05, 0.1) is 19.9 Å². The minimum Gasteiger partial charge on any atom is -0.464 e. The third-order valence-corrected chi connectivity index (χ3v) is 2.69. The van der Waals surface area contributed by atoms with Crippen molar-refractivity contribution in [3.63, 3.8) is 0 Å². The number of oxazole rings is 1. The van der Waals surface area contributed by atoms with Gasteiger partial charge in [0.25, 0.3) is 0 Å². The number of H-pyrrole nitrogens is 1. The molecule has 0 amide bonds. The Bertz CT molecular complexity index is 545. The zero-order chi connectivity index (χ0) is 13.7. The van der Waals surface area contributed by atoms with Crippen LogP contribution in [0, 0.1) is 0 Å². The standard InChI is InChI=1S/C13H17N3O3/c1-3-10-7-15-12(19-10)8-14-6-9-4-5-11(16-9)13(17)18-2/h4-5,7,14,16H,3,6,8H2,1-2H3. The van der Waals surface area contributed by atoms with Crippen LogP contribution in [-0.2, 0) is 24.2 Å². The maximum absolute atomic E-state index is 11.3. The molecule has 0 aliphatic carbocycles. The number of carbonyl (C=O) groups is 1. The van der Waals surface area contributed by atoms with Crippen LogP contribution < -0.4 is 5.32 Å². The van der Waals surface area contributed by atoms with Crippen molar-refractivity contribution in [2.24, 2.45) is 0 Å². The van der Waals surface area contributed by atoms with E-state index in [-0.39, 0.29) is 5.97 Å². The predicted octanol–water partition coefficient (Wildman–Crippen LogP) is 1.64. The van der Waals surface area contributed by atoms with Crippen molar-refractivity contribution in [3.05, 3.63) is 41.4 Å². The number of aromatic nitrogens is 2. The monoisotopic (exact) mass is 263 g/mol. The fraction of sp³-hybridized carbons (Fsp3) is 0.385. The number of aromatic amines is 1. The summed E-state index contributed by atoms with van der Waals surface area (Å²) in [7, 11) is 1.36. The van der Waals surface area contributed by atoms with E-state index in [0.29, 0.717) is 24.7 Å². The van der Waals surface area contributed by atoms with Gasteiger partial charge >= 0.3 is 5.97 Å². The molecule has 2 N–H and O–H groups in total. The molecule has 0 fully saturated rings. The van der Waals surface area contributed by atoms with Crippen LogP contribution in [0.2, 0.25) is 0 Å². The SMILES string of the molecule is CCc1cnc(CNCc2ccc(C(=O)OC)[nH]2)o1. The van der Waals surface area contributed by atoms with Crippen LogP contribution in [0.3, 0.4) is 0 Å². The summed E-state index contributed by atoms with van der Waals surface area (Å²) in [6.07, 6.45) is 2.58. The second-order valence-corrected chi connectivity index (χ2v) is 4.07.